The maximum absolute atomic E-state index is 5.84. The topological polar surface area (TPSA) is 81.1 Å². The van der Waals surface area contributed by atoms with E-state index in [-0.39, 0.29) is 0 Å². The van der Waals surface area contributed by atoms with Crippen molar-refractivity contribution in [3.05, 3.63) is 5.69 Å². The highest BCUT2D eigenvalue weighted by Gasteiger charge is 2.18. The van der Waals surface area contributed by atoms with Gasteiger partial charge in [-0.1, -0.05) is 0 Å². The van der Waals surface area contributed by atoms with E-state index in [0.29, 0.717) is 16.8 Å². The smallest absolute Gasteiger partial charge is 0.266 e. The van der Waals surface area contributed by atoms with Crippen molar-refractivity contribution in [2.24, 2.45) is 0 Å². The lowest BCUT2D eigenvalue weighted by Crippen LogP contribution is -2.22. The summed E-state index contributed by atoms with van der Waals surface area (Å²) in [5, 5.41) is 4.57. The zero-order valence-corrected chi connectivity index (χ0v) is 10.9. The molecular formula is C10H15N5OS. The Labute approximate surface area is 104 Å². The van der Waals surface area contributed by atoms with Crippen LogP contribution < -0.4 is 10.6 Å². The molecule has 2 N–H and O–H groups in total. The predicted molar refractivity (Wildman–Crippen MR) is 68.1 cm³/mol. The molecule has 2 aromatic rings. The molecule has 0 aliphatic rings. The van der Waals surface area contributed by atoms with Crippen molar-refractivity contribution >= 4 is 22.5 Å². The van der Waals surface area contributed by atoms with Crippen molar-refractivity contribution in [2.75, 3.05) is 23.7 Å². The second-order valence-corrected chi connectivity index (χ2v) is 4.38. The third-order valence-corrected chi connectivity index (χ3v) is 3.33. The predicted octanol–water partition coefficient (Wildman–Crippen LogP) is 1.93. The van der Waals surface area contributed by atoms with Crippen molar-refractivity contribution < 1.29 is 4.52 Å². The fourth-order valence-electron chi connectivity index (χ4n) is 1.60. The first-order valence-corrected chi connectivity index (χ1v) is 6.25. The lowest BCUT2D eigenvalue weighted by molar-refractivity contribution is 0.429. The van der Waals surface area contributed by atoms with Gasteiger partial charge in [0.25, 0.3) is 11.8 Å². The third kappa shape index (κ3) is 2.10. The molecule has 6 nitrogen and oxygen atoms in total. The molecule has 0 amide bonds. The number of nitrogen functional groups attached to an aromatic ring is 1. The van der Waals surface area contributed by atoms with Gasteiger partial charge in [-0.05, 0) is 37.5 Å². The van der Waals surface area contributed by atoms with Gasteiger partial charge in [-0.3, -0.25) is 0 Å². The second kappa shape index (κ2) is 4.70. The first-order valence-electron chi connectivity index (χ1n) is 5.48. The maximum Gasteiger partial charge on any atom is 0.266 e. The van der Waals surface area contributed by atoms with Crippen LogP contribution in [0.1, 0.15) is 19.5 Å². The number of rotatable bonds is 4. The van der Waals surface area contributed by atoms with Crippen molar-refractivity contribution in [3.63, 3.8) is 0 Å². The van der Waals surface area contributed by atoms with Gasteiger partial charge in [0.2, 0.25) is 0 Å². The maximum atomic E-state index is 5.84. The number of anilines is 2. The van der Waals surface area contributed by atoms with Crippen molar-refractivity contribution in [2.45, 2.75) is 20.8 Å². The van der Waals surface area contributed by atoms with Gasteiger partial charge in [-0.25, -0.2) is 0 Å². The number of nitrogens with zero attached hydrogens (tertiary/aromatic N) is 4. The van der Waals surface area contributed by atoms with Crippen LogP contribution in [0.15, 0.2) is 4.52 Å². The van der Waals surface area contributed by atoms with E-state index in [4.69, 9.17) is 10.3 Å². The van der Waals surface area contributed by atoms with Gasteiger partial charge in [-0.2, -0.15) is 9.36 Å². The van der Waals surface area contributed by atoms with Gasteiger partial charge in [-0.15, -0.1) is 0 Å². The number of aryl methyl sites for hydroxylation is 1. The van der Waals surface area contributed by atoms with E-state index in [1.165, 1.54) is 11.5 Å². The average Bonchev–Trinajstić information content (AvgIpc) is 2.89. The molecule has 7 heteroatoms. The van der Waals surface area contributed by atoms with Gasteiger partial charge < -0.3 is 15.2 Å². The Balaban J connectivity index is 2.36. The molecule has 0 unspecified atom stereocenters. The van der Waals surface area contributed by atoms with Crippen molar-refractivity contribution in [1.29, 1.82) is 0 Å². The number of aromatic nitrogens is 3. The van der Waals surface area contributed by atoms with E-state index in [1.54, 1.807) is 0 Å². The van der Waals surface area contributed by atoms with Gasteiger partial charge in [0.1, 0.15) is 5.00 Å². The summed E-state index contributed by atoms with van der Waals surface area (Å²) in [5.74, 6) is 1.03. The van der Waals surface area contributed by atoms with E-state index in [0.717, 1.165) is 24.3 Å². The fourth-order valence-corrected chi connectivity index (χ4v) is 2.25. The molecule has 0 aromatic carbocycles. The van der Waals surface area contributed by atoms with Crippen LogP contribution in [0.25, 0.3) is 11.5 Å². The highest BCUT2D eigenvalue weighted by Crippen LogP contribution is 2.31. The normalized spacial score (nSPS) is 10.8. The highest BCUT2D eigenvalue weighted by atomic mass is 32.1. The van der Waals surface area contributed by atoms with Gasteiger partial charge in [0, 0.05) is 13.1 Å². The summed E-state index contributed by atoms with van der Waals surface area (Å²) in [5.41, 5.74) is 7.41. The molecule has 0 atom stereocenters. The van der Waals surface area contributed by atoms with Crippen LogP contribution in [0.3, 0.4) is 0 Å². The molecule has 0 saturated heterocycles. The standard InChI is InChI=1S/C10H15N5OS/c1-4-15(5-2)10-12-9(16-13-10)7-6(3)14-17-8(7)11/h4-5,11H2,1-3H3. The first kappa shape index (κ1) is 11.8. The molecule has 0 aliphatic heterocycles. The summed E-state index contributed by atoms with van der Waals surface area (Å²) in [7, 11) is 0. The van der Waals surface area contributed by atoms with E-state index >= 15 is 0 Å². The number of hydrogen-bond acceptors (Lipinski definition) is 7. The molecule has 0 saturated carbocycles. The van der Waals surface area contributed by atoms with Gasteiger partial charge in [0.05, 0.1) is 11.3 Å². The molecule has 0 aliphatic carbocycles. The van der Waals surface area contributed by atoms with Crippen molar-refractivity contribution in [1.82, 2.24) is 14.5 Å². The lowest BCUT2D eigenvalue weighted by atomic mass is 10.2. The summed E-state index contributed by atoms with van der Waals surface area (Å²) >= 11 is 1.24. The minimum absolute atomic E-state index is 0.440. The Morgan fingerprint density at radius 1 is 1.35 bits per heavy atom. The second-order valence-electron chi connectivity index (χ2n) is 3.58. The summed E-state index contributed by atoms with van der Waals surface area (Å²) in [4.78, 5) is 6.36. The monoisotopic (exact) mass is 253 g/mol. The Morgan fingerprint density at radius 2 is 2.06 bits per heavy atom. The minimum Gasteiger partial charge on any atom is -0.389 e. The summed E-state index contributed by atoms with van der Waals surface area (Å²) < 4.78 is 9.40. The van der Waals surface area contributed by atoms with E-state index in [9.17, 15) is 0 Å². The fraction of sp³-hybridized carbons (Fsp3) is 0.500. The highest BCUT2D eigenvalue weighted by molar-refractivity contribution is 7.10. The summed E-state index contributed by atoms with van der Waals surface area (Å²) in [6.07, 6.45) is 0. The Morgan fingerprint density at radius 3 is 2.59 bits per heavy atom. The van der Waals surface area contributed by atoms with Crippen LogP contribution >= 0.6 is 11.5 Å². The lowest BCUT2D eigenvalue weighted by Gasteiger charge is -2.14. The molecule has 0 radical (unpaired) electrons. The van der Waals surface area contributed by atoms with Crippen molar-refractivity contribution in [3.8, 4) is 11.5 Å². The van der Waals surface area contributed by atoms with Crippen LogP contribution in [-0.4, -0.2) is 27.6 Å². The Kier molecular flexibility index (Phi) is 3.28. The quantitative estimate of drug-likeness (QED) is 0.896. The number of hydrogen-bond donors (Lipinski definition) is 1. The van der Waals surface area contributed by atoms with Crippen LogP contribution in [0.2, 0.25) is 0 Å². The zero-order chi connectivity index (χ0) is 12.4. The molecule has 0 bridgehead atoms. The van der Waals surface area contributed by atoms with Crippen LogP contribution in [0.4, 0.5) is 10.9 Å². The molecule has 0 fully saturated rings. The molecule has 92 valence electrons. The Bertz CT molecular complexity index is 483. The van der Waals surface area contributed by atoms with E-state index < -0.39 is 0 Å². The average molecular weight is 253 g/mol. The van der Waals surface area contributed by atoms with Crippen LogP contribution in [-0.2, 0) is 0 Å². The largest absolute Gasteiger partial charge is 0.389 e. The molecule has 2 heterocycles. The van der Waals surface area contributed by atoms with Gasteiger partial charge in [0.15, 0.2) is 0 Å². The number of nitrogens with two attached hydrogens (primary N) is 1. The van der Waals surface area contributed by atoms with Gasteiger partial charge >= 0.3 is 0 Å². The molecule has 0 spiro atoms. The van der Waals surface area contributed by atoms with E-state index in [1.807, 2.05) is 25.7 Å². The Hall–Kier alpha value is -1.63. The zero-order valence-electron chi connectivity index (χ0n) is 10.1. The molecule has 2 rings (SSSR count). The summed E-state index contributed by atoms with van der Waals surface area (Å²) in [6, 6.07) is 0. The third-order valence-electron chi connectivity index (χ3n) is 2.56. The van der Waals surface area contributed by atoms with Crippen LogP contribution in [0.5, 0.6) is 0 Å². The molecule has 17 heavy (non-hydrogen) atoms. The van der Waals surface area contributed by atoms with E-state index in [2.05, 4.69) is 14.5 Å². The summed E-state index contributed by atoms with van der Waals surface area (Å²) in [6.45, 7) is 7.65. The molecular weight excluding hydrogens is 238 g/mol. The SMILES string of the molecule is CCN(CC)c1noc(-c2c(C)nsc2N)n1. The first-order chi connectivity index (χ1) is 8.17. The van der Waals surface area contributed by atoms with Crippen LogP contribution in [0, 0.1) is 6.92 Å². The molecule has 2 aromatic heterocycles. The minimum atomic E-state index is 0.440.